The first-order valence-electron chi connectivity index (χ1n) is 4.48. The van der Waals surface area contributed by atoms with E-state index in [2.05, 4.69) is 4.74 Å². The van der Waals surface area contributed by atoms with Gasteiger partial charge in [0.25, 0.3) is 0 Å². The number of carboxylic acid groups (broad SMARTS) is 1. The van der Waals surface area contributed by atoms with Crippen LogP contribution in [0.25, 0.3) is 0 Å². The zero-order valence-electron chi connectivity index (χ0n) is 8.58. The molecule has 0 amide bonds. The van der Waals surface area contributed by atoms with Gasteiger partial charge >= 0.3 is 12.1 Å². The van der Waals surface area contributed by atoms with Gasteiger partial charge in [0.1, 0.15) is 17.1 Å². The summed E-state index contributed by atoms with van der Waals surface area (Å²) in [6, 6.07) is 1.76. The van der Waals surface area contributed by atoms with Crippen LogP contribution in [-0.4, -0.2) is 17.2 Å². The highest BCUT2D eigenvalue weighted by Gasteiger charge is 2.35. The summed E-state index contributed by atoms with van der Waals surface area (Å²) >= 11 is 0. The quantitative estimate of drug-likeness (QED) is 0.841. The standard InChI is InChI=1S/C10H8F4O3/c1-5(9(15)16)17-8-3-2-6(11)4-7(8)10(12,13)14/h2-5H,1H3,(H,15,16). The lowest BCUT2D eigenvalue weighted by Gasteiger charge is -2.16. The van der Waals surface area contributed by atoms with E-state index >= 15 is 0 Å². The van der Waals surface area contributed by atoms with Crippen LogP contribution in [0, 0.1) is 5.82 Å². The molecule has 0 aromatic heterocycles. The number of hydrogen-bond acceptors (Lipinski definition) is 2. The van der Waals surface area contributed by atoms with E-state index in [4.69, 9.17) is 5.11 Å². The van der Waals surface area contributed by atoms with Crippen LogP contribution in [0.4, 0.5) is 17.6 Å². The summed E-state index contributed by atoms with van der Waals surface area (Å²) in [5.41, 5.74) is -1.34. The number of rotatable bonds is 3. The number of aliphatic carboxylic acids is 1. The molecule has 1 aromatic rings. The maximum atomic E-state index is 12.7. The van der Waals surface area contributed by atoms with E-state index in [1.54, 1.807) is 0 Å². The minimum absolute atomic E-state index is 0.254. The highest BCUT2D eigenvalue weighted by atomic mass is 19.4. The maximum Gasteiger partial charge on any atom is 0.420 e. The Hall–Kier alpha value is -1.79. The van der Waals surface area contributed by atoms with Gasteiger partial charge in [0.15, 0.2) is 6.10 Å². The monoisotopic (exact) mass is 252 g/mol. The molecule has 0 aliphatic carbocycles. The SMILES string of the molecule is CC(Oc1ccc(F)cc1C(F)(F)F)C(=O)O. The van der Waals surface area contributed by atoms with Crippen LogP contribution in [-0.2, 0) is 11.0 Å². The van der Waals surface area contributed by atoms with E-state index < -0.39 is 35.4 Å². The topological polar surface area (TPSA) is 46.5 Å². The summed E-state index contributed by atoms with van der Waals surface area (Å²) in [5.74, 6) is -3.20. The van der Waals surface area contributed by atoms with Crippen LogP contribution in [0.3, 0.4) is 0 Å². The molecule has 3 nitrogen and oxygen atoms in total. The number of alkyl halides is 3. The molecular formula is C10H8F4O3. The smallest absolute Gasteiger partial charge is 0.420 e. The summed E-state index contributed by atoms with van der Waals surface area (Å²) < 4.78 is 54.8. The minimum Gasteiger partial charge on any atom is -0.479 e. The zero-order valence-corrected chi connectivity index (χ0v) is 8.58. The highest BCUT2D eigenvalue weighted by Crippen LogP contribution is 2.36. The summed E-state index contributed by atoms with van der Waals surface area (Å²) in [6.07, 6.45) is -6.27. The minimum atomic E-state index is -4.81. The number of hydrogen-bond donors (Lipinski definition) is 1. The predicted molar refractivity (Wildman–Crippen MR) is 49.1 cm³/mol. The second kappa shape index (κ2) is 4.60. The second-order valence-electron chi connectivity index (χ2n) is 3.24. The number of ether oxygens (including phenoxy) is 1. The Morgan fingerprint density at radius 1 is 1.41 bits per heavy atom. The lowest BCUT2D eigenvalue weighted by Crippen LogP contribution is -2.24. The second-order valence-corrected chi connectivity index (χ2v) is 3.24. The van der Waals surface area contributed by atoms with Gasteiger partial charge in [-0.05, 0) is 25.1 Å². The summed E-state index contributed by atoms with van der Waals surface area (Å²) in [7, 11) is 0. The molecule has 17 heavy (non-hydrogen) atoms. The van der Waals surface area contributed by atoms with Gasteiger partial charge in [-0.25, -0.2) is 9.18 Å². The van der Waals surface area contributed by atoms with Crippen LogP contribution in [0.5, 0.6) is 5.75 Å². The van der Waals surface area contributed by atoms with E-state index in [9.17, 15) is 22.4 Å². The Balaban J connectivity index is 3.11. The molecule has 1 N–H and O–H groups in total. The lowest BCUT2D eigenvalue weighted by atomic mass is 10.2. The molecule has 0 spiro atoms. The van der Waals surface area contributed by atoms with Crippen molar-refractivity contribution in [1.82, 2.24) is 0 Å². The average Bonchev–Trinajstić information content (AvgIpc) is 2.18. The first-order chi connectivity index (χ1) is 7.71. The van der Waals surface area contributed by atoms with Crippen LogP contribution in [0.15, 0.2) is 18.2 Å². The molecule has 1 rings (SSSR count). The molecule has 1 aromatic carbocycles. The molecule has 1 unspecified atom stereocenters. The molecule has 0 aliphatic rings. The van der Waals surface area contributed by atoms with Crippen LogP contribution in [0.2, 0.25) is 0 Å². The molecule has 0 radical (unpaired) electrons. The van der Waals surface area contributed by atoms with Crippen LogP contribution < -0.4 is 4.74 Å². The maximum absolute atomic E-state index is 12.7. The van der Waals surface area contributed by atoms with Crippen molar-refractivity contribution in [1.29, 1.82) is 0 Å². The Morgan fingerprint density at radius 3 is 2.47 bits per heavy atom. The van der Waals surface area contributed by atoms with Crippen molar-refractivity contribution in [2.75, 3.05) is 0 Å². The van der Waals surface area contributed by atoms with Crippen molar-refractivity contribution in [3.63, 3.8) is 0 Å². The van der Waals surface area contributed by atoms with E-state index in [0.29, 0.717) is 0 Å². The average molecular weight is 252 g/mol. The van der Waals surface area contributed by atoms with Crippen LogP contribution >= 0.6 is 0 Å². The van der Waals surface area contributed by atoms with Crippen molar-refractivity contribution in [2.24, 2.45) is 0 Å². The third-order valence-corrected chi connectivity index (χ3v) is 1.90. The molecule has 7 heteroatoms. The zero-order chi connectivity index (χ0) is 13.2. The van der Waals surface area contributed by atoms with E-state index in [1.807, 2.05) is 0 Å². The third-order valence-electron chi connectivity index (χ3n) is 1.90. The molecule has 0 saturated carbocycles. The van der Waals surface area contributed by atoms with Crippen molar-refractivity contribution in [2.45, 2.75) is 19.2 Å². The van der Waals surface area contributed by atoms with Gasteiger partial charge in [-0.1, -0.05) is 0 Å². The molecule has 0 bridgehead atoms. The van der Waals surface area contributed by atoms with Gasteiger partial charge in [-0.15, -0.1) is 0 Å². The van der Waals surface area contributed by atoms with Crippen LogP contribution in [0.1, 0.15) is 12.5 Å². The Labute approximate surface area is 93.6 Å². The first-order valence-corrected chi connectivity index (χ1v) is 4.48. The van der Waals surface area contributed by atoms with Crippen molar-refractivity contribution in [3.8, 4) is 5.75 Å². The molecular weight excluding hydrogens is 244 g/mol. The van der Waals surface area contributed by atoms with Gasteiger partial charge in [0.05, 0.1) is 0 Å². The molecule has 1 atom stereocenters. The number of carboxylic acids is 1. The Kier molecular flexibility index (Phi) is 3.59. The normalized spacial score (nSPS) is 13.2. The fraction of sp³-hybridized carbons (Fsp3) is 0.300. The largest absolute Gasteiger partial charge is 0.479 e. The molecule has 0 aliphatic heterocycles. The lowest BCUT2D eigenvalue weighted by molar-refractivity contribution is -0.147. The Bertz CT molecular complexity index is 428. The first kappa shape index (κ1) is 13.3. The van der Waals surface area contributed by atoms with Crippen molar-refractivity contribution < 1.29 is 32.2 Å². The van der Waals surface area contributed by atoms with E-state index in [0.717, 1.165) is 19.1 Å². The number of benzene rings is 1. The van der Waals surface area contributed by atoms with Gasteiger partial charge < -0.3 is 9.84 Å². The van der Waals surface area contributed by atoms with Crippen molar-refractivity contribution in [3.05, 3.63) is 29.6 Å². The summed E-state index contributed by atoms with van der Waals surface area (Å²) in [5, 5.41) is 8.51. The van der Waals surface area contributed by atoms with Gasteiger partial charge in [-0.2, -0.15) is 13.2 Å². The molecule has 0 fully saturated rings. The van der Waals surface area contributed by atoms with Gasteiger partial charge in [0.2, 0.25) is 0 Å². The van der Waals surface area contributed by atoms with E-state index in [-0.39, 0.29) is 6.07 Å². The molecule has 94 valence electrons. The molecule has 0 heterocycles. The predicted octanol–water partition coefficient (Wildman–Crippen LogP) is 2.70. The van der Waals surface area contributed by atoms with Gasteiger partial charge in [-0.3, -0.25) is 0 Å². The Morgan fingerprint density at radius 2 is 2.00 bits per heavy atom. The molecule has 0 saturated heterocycles. The fourth-order valence-corrected chi connectivity index (χ4v) is 1.07. The number of carbonyl (C=O) groups is 1. The summed E-state index contributed by atoms with van der Waals surface area (Å²) in [6.45, 7) is 1.08. The third kappa shape index (κ3) is 3.33. The van der Waals surface area contributed by atoms with Gasteiger partial charge in [0, 0.05) is 0 Å². The summed E-state index contributed by atoms with van der Waals surface area (Å²) in [4.78, 5) is 10.5. The highest BCUT2D eigenvalue weighted by molar-refractivity contribution is 5.72. The van der Waals surface area contributed by atoms with E-state index in [1.165, 1.54) is 0 Å². The van der Waals surface area contributed by atoms with Crippen molar-refractivity contribution >= 4 is 5.97 Å². The number of halogens is 4. The fourth-order valence-electron chi connectivity index (χ4n) is 1.07.